The van der Waals surface area contributed by atoms with Gasteiger partial charge in [-0.05, 0) is 48.7 Å². The third-order valence-corrected chi connectivity index (χ3v) is 8.36. The molecule has 15 heteroatoms. The van der Waals surface area contributed by atoms with E-state index >= 15 is 0 Å². The molecule has 0 unspecified atom stereocenters. The van der Waals surface area contributed by atoms with Crippen molar-refractivity contribution in [2.75, 3.05) is 43.3 Å². The summed E-state index contributed by atoms with van der Waals surface area (Å²) in [4.78, 5) is 23.5. The minimum absolute atomic E-state index is 0. The van der Waals surface area contributed by atoms with Crippen molar-refractivity contribution < 1.29 is 15.7 Å². The van der Waals surface area contributed by atoms with E-state index in [-0.39, 0.29) is 34.8 Å². The minimum atomic E-state index is -0.247. The SMILES string of the molecule is CC(C)c1nn(-c2c(Cl)cc(Cl)cc2Cl)c2nc(Cc3ccc(NSCCCN4CCOCC4)cc3)[nH]c(=O)c12.Cl.O.O. The molecular weight excluding hydrogens is 658 g/mol. The van der Waals surface area contributed by atoms with Gasteiger partial charge in [-0.25, -0.2) is 9.67 Å². The van der Waals surface area contributed by atoms with Crippen molar-refractivity contribution in [1.29, 1.82) is 0 Å². The molecule has 3 heterocycles. The number of nitrogens with zero attached hydrogens (tertiary/aromatic N) is 4. The van der Waals surface area contributed by atoms with Crippen LogP contribution in [-0.4, -0.2) is 74.2 Å². The number of benzene rings is 2. The van der Waals surface area contributed by atoms with Crippen LogP contribution in [0.2, 0.25) is 15.1 Å². The number of H-pyrrole nitrogens is 1. The molecule has 43 heavy (non-hydrogen) atoms. The Kier molecular flexibility index (Phi) is 14.6. The summed E-state index contributed by atoms with van der Waals surface area (Å²) in [5.41, 5.74) is 3.26. The molecule has 0 atom stereocenters. The van der Waals surface area contributed by atoms with Gasteiger partial charge in [-0.2, -0.15) is 5.10 Å². The largest absolute Gasteiger partial charge is 0.412 e. The number of hydrogen-bond donors (Lipinski definition) is 2. The average molecular weight is 695 g/mol. The van der Waals surface area contributed by atoms with E-state index in [4.69, 9.17) is 49.6 Å². The van der Waals surface area contributed by atoms with Gasteiger partial charge in [0.2, 0.25) is 0 Å². The second-order valence-corrected chi connectivity index (χ2v) is 12.2. The van der Waals surface area contributed by atoms with Crippen molar-refractivity contribution in [2.45, 2.75) is 32.6 Å². The van der Waals surface area contributed by atoms with Crippen molar-refractivity contribution in [1.82, 2.24) is 24.6 Å². The second kappa shape index (κ2) is 16.9. The number of fused-ring (bicyclic) bond motifs is 1. The minimum Gasteiger partial charge on any atom is -0.412 e. The Bertz CT molecular complexity index is 1520. The maximum absolute atomic E-state index is 13.3. The summed E-state index contributed by atoms with van der Waals surface area (Å²) in [5, 5.41) is 6.18. The van der Waals surface area contributed by atoms with Crippen LogP contribution in [0.4, 0.5) is 5.69 Å². The standard InChI is InChI=1S/C28H31Cl3N6O2S.ClH.2H2O/c1-17(2)25-24-27(37(34-25)26-21(30)15-19(29)16-22(26)31)32-23(33-28(24)38)14-18-4-6-20(7-5-18)35-40-13-3-8-36-9-11-39-12-10-36;;;/h4-7,15-17,35H,3,8-14H2,1-2H3,(H,32,33,38);1H;2*1H2. The smallest absolute Gasteiger partial charge is 0.262 e. The van der Waals surface area contributed by atoms with Gasteiger partial charge in [0.15, 0.2) is 5.65 Å². The predicted molar refractivity (Wildman–Crippen MR) is 180 cm³/mol. The molecule has 5 rings (SSSR count). The number of aromatic amines is 1. The fraction of sp³-hybridized carbons (Fsp3) is 0.393. The first-order valence-electron chi connectivity index (χ1n) is 13.2. The van der Waals surface area contributed by atoms with E-state index in [9.17, 15) is 4.79 Å². The molecule has 10 nitrogen and oxygen atoms in total. The van der Waals surface area contributed by atoms with Crippen molar-refractivity contribution in [3.63, 3.8) is 0 Å². The van der Waals surface area contributed by atoms with Crippen LogP contribution in [0, 0.1) is 0 Å². The Labute approximate surface area is 275 Å². The highest BCUT2D eigenvalue weighted by Gasteiger charge is 2.23. The Balaban J connectivity index is 0.00000215. The second-order valence-electron chi connectivity index (χ2n) is 10.0. The molecule has 2 aromatic heterocycles. The zero-order valence-corrected chi connectivity index (χ0v) is 27.7. The van der Waals surface area contributed by atoms with E-state index in [0.717, 1.165) is 56.3 Å². The number of hydrogen-bond acceptors (Lipinski definition) is 7. The lowest BCUT2D eigenvalue weighted by Gasteiger charge is -2.26. The van der Waals surface area contributed by atoms with Gasteiger partial charge in [-0.1, -0.05) is 72.7 Å². The lowest BCUT2D eigenvalue weighted by molar-refractivity contribution is 0.0381. The predicted octanol–water partition coefficient (Wildman–Crippen LogP) is 5.34. The van der Waals surface area contributed by atoms with E-state index in [2.05, 4.69) is 14.6 Å². The van der Waals surface area contributed by atoms with E-state index in [1.165, 1.54) is 0 Å². The topological polar surface area (TPSA) is 151 Å². The van der Waals surface area contributed by atoms with E-state index in [0.29, 0.717) is 49.7 Å². The molecular formula is C28H36Cl4N6O4S. The Hall–Kier alpha value is -2.06. The Morgan fingerprint density at radius 3 is 2.35 bits per heavy atom. The van der Waals surface area contributed by atoms with Crippen LogP contribution in [0.15, 0.2) is 41.2 Å². The van der Waals surface area contributed by atoms with Gasteiger partial charge < -0.3 is 25.4 Å². The highest BCUT2D eigenvalue weighted by atomic mass is 35.5. The zero-order chi connectivity index (χ0) is 28.2. The molecule has 1 saturated heterocycles. The van der Waals surface area contributed by atoms with Crippen LogP contribution in [0.3, 0.4) is 0 Å². The number of ether oxygens (including phenoxy) is 1. The maximum Gasteiger partial charge on any atom is 0.262 e. The van der Waals surface area contributed by atoms with Crippen LogP contribution in [-0.2, 0) is 11.2 Å². The summed E-state index contributed by atoms with van der Waals surface area (Å²) in [7, 11) is 0. The van der Waals surface area contributed by atoms with Gasteiger partial charge in [0.25, 0.3) is 5.56 Å². The van der Waals surface area contributed by atoms with E-state index in [1.807, 2.05) is 38.1 Å². The number of anilines is 1. The average Bonchev–Trinajstić information content (AvgIpc) is 3.29. The van der Waals surface area contributed by atoms with Crippen LogP contribution >= 0.6 is 59.2 Å². The van der Waals surface area contributed by atoms with Crippen LogP contribution in [0.25, 0.3) is 16.7 Å². The van der Waals surface area contributed by atoms with Gasteiger partial charge in [0.05, 0.1) is 29.0 Å². The first kappa shape index (κ1) is 37.1. The molecule has 0 bridgehead atoms. The molecule has 1 aliphatic heterocycles. The van der Waals surface area contributed by atoms with Gasteiger partial charge in [-0.15, -0.1) is 12.4 Å². The van der Waals surface area contributed by atoms with Crippen molar-refractivity contribution in [3.8, 4) is 5.69 Å². The third-order valence-electron chi connectivity index (χ3n) is 6.69. The Morgan fingerprint density at radius 1 is 1.07 bits per heavy atom. The first-order chi connectivity index (χ1) is 19.3. The van der Waals surface area contributed by atoms with E-state index < -0.39 is 0 Å². The molecule has 6 N–H and O–H groups in total. The summed E-state index contributed by atoms with van der Waals surface area (Å²) in [6.45, 7) is 8.77. The molecule has 0 radical (unpaired) electrons. The van der Waals surface area contributed by atoms with Crippen molar-refractivity contribution >= 4 is 75.9 Å². The number of aromatic nitrogens is 4. The summed E-state index contributed by atoms with van der Waals surface area (Å²) in [6.07, 6.45) is 1.57. The number of halogens is 4. The van der Waals surface area contributed by atoms with Gasteiger partial charge in [0, 0.05) is 36.0 Å². The highest BCUT2D eigenvalue weighted by molar-refractivity contribution is 8.00. The van der Waals surface area contributed by atoms with Crippen LogP contribution < -0.4 is 10.3 Å². The monoisotopic (exact) mass is 692 g/mol. The molecule has 1 aliphatic rings. The lowest BCUT2D eigenvalue weighted by atomic mass is 10.1. The fourth-order valence-corrected chi connectivity index (χ4v) is 6.34. The number of morpholine rings is 1. The summed E-state index contributed by atoms with van der Waals surface area (Å²) in [5.74, 6) is 1.53. The molecule has 0 spiro atoms. The van der Waals surface area contributed by atoms with E-state index in [1.54, 1.807) is 28.8 Å². The number of rotatable bonds is 10. The quantitative estimate of drug-likeness (QED) is 0.168. The zero-order valence-electron chi connectivity index (χ0n) is 23.8. The molecule has 0 saturated carbocycles. The van der Waals surface area contributed by atoms with Gasteiger partial charge >= 0.3 is 0 Å². The highest BCUT2D eigenvalue weighted by Crippen LogP contribution is 2.34. The molecule has 2 aromatic carbocycles. The fourth-order valence-electron chi connectivity index (χ4n) is 4.68. The summed E-state index contributed by atoms with van der Waals surface area (Å²) < 4.78 is 10.4. The Morgan fingerprint density at radius 2 is 1.72 bits per heavy atom. The third kappa shape index (κ3) is 9.00. The maximum atomic E-state index is 13.3. The summed E-state index contributed by atoms with van der Waals surface area (Å²) in [6, 6.07) is 11.3. The van der Waals surface area contributed by atoms with Crippen molar-refractivity contribution in [3.05, 3.63) is 78.9 Å². The lowest BCUT2D eigenvalue weighted by Crippen LogP contribution is -2.37. The normalized spacial score (nSPS) is 13.3. The van der Waals surface area contributed by atoms with Crippen LogP contribution in [0.5, 0.6) is 0 Å². The summed E-state index contributed by atoms with van der Waals surface area (Å²) >= 11 is 20.9. The molecule has 0 amide bonds. The number of nitrogens with one attached hydrogen (secondary N) is 2. The molecule has 1 fully saturated rings. The van der Waals surface area contributed by atoms with Crippen LogP contribution in [0.1, 0.15) is 43.3 Å². The van der Waals surface area contributed by atoms with Gasteiger partial charge in [0.1, 0.15) is 16.9 Å². The van der Waals surface area contributed by atoms with Gasteiger partial charge in [-0.3, -0.25) is 9.69 Å². The first-order valence-corrected chi connectivity index (χ1v) is 15.4. The molecule has 0 aliphatic carbocycles. The molecule has 236 valence electrons. The van der Waals surface area contributed by atoms with Crippen molar-refractivity contribution in [2.24, 2.45) is 0 Å². The molecule has 4 aromatic rings.